The van der Waals surface area contributed by atoms with Gasteiger partial charge in [-0.1, -0.05) is 19.1 Å². The molecule has 2 rings (SSSR count). The SMILES string of the molecule is Cc1nc(-c2cccc(NC(=O)C(C)C(C)N)c2)n[nH]1.Cl. The lowest BCUT2D eigenvalue weighted by molar-refractivity contribution is -0.119. The van der Waals surface area contributed by atoms with Crippen molar-refractivity contribution in [3.05, 3.63) is 30.1 Å². The Labute approximate surface area is 129 Å². The number of carbonyl (C=O) groups is 1. The number of aromatic nitrogens is 3. The number of H-pyrrole nitrogens is 1. The fourth-order valence-electron chi connectivity index (χ4n) is 1.70. The summed E-state index contributed by atoms with van der Waals surface area (Å²) in [7, 11) is 0. The number of nitrogens with two attached hydrogens (primary N) is 1. The van der Waals surface area contributed by atoms with Crippen molar-refractivity contribution in [2.45, 2.75) is 26.8 Å². The molecule has 21 heavy (non-hydrogen) atoms. The average Bonchev–Trinajstić information content (AvgIpc) is 2.84. The maximum absolute atomic E-state index is 12.0. The van der Waals surface area contributed by atoms with E-state index in [0.717, 1.165) is 11.4 Å². The van der Waals surface area contributed by atoms with Gasteiger partial charge in [-0.15, -0.1) is 12.4 Å². The number of rotatable bonds is 4. The Morgan fingerprint density at radius 2 is 2.10 bits per heavy atom. The fraction of sp³-hybridized carbons (Fsp3) is 0.357. The minimum Gasteiger partial charge on any atom is -0.327 e. The van der Waals surface area contributed by atoms with Gasteiger partial charge in [0.25, 0.3) is 0 Å². The van der Waals surface area contributed by atoms with Crippen LogP contribution < -0.4 is 11.1 Å². The molecule has 2 unspecified atom stereocenters. The largest absolute Gasteiger partial charge is 0.327 e. The molecular formula is C14H20ClN5O. The summed E-state index contributed by atoms with van der Waals surface area (Å²) in [5.74, 6) is 1.02. The van der Waals surface area contributed by atoms with Crippen LogP contribution in [0.15, 0.2) is 24.3 Å². The number of hydrogen-bond acceptors (Lipinski definition) is 4. The summed E-state index contributed by atoms with van der Waals surface area (Å²) in [6, 6.07) is 7.23. The number of nitrogens with one attached hydrogen (secondary N) is 2. The second-order valence-corrected chi connectivity index (χ2v) is 4.96. The third kappa shape index (κ3) is 4.27. The van der Waals surface area contributed by atoms with E-state index in [0.29, 0.717) is 11.5 Å². The van der Waals surface area contributed by atoms with Gasteiger partial charge in [0, 0.05) is 17.3 Å². The van der Waals surface area contributed by atoms with Crippen molar-refractivity contribution >= 4 is 24.0 Å². The molecule has 7 heteroatoms. The predicted octanol–water partition coefficient (Wildman–Crippen LogP) is 2.12. The van der Waals surface area contributed by atoms with Gasteiger partial charge in [-0.3, -0.25) is 9.89 Å². The number of amides is 1. The number of aromatic amines is 1. The molecule has 0 aliphatic rings. The first kappa shape index (κ1) is 17.1. The highest BCUT2D eigenvalue weighted by atomic mass is 35.5. The molecule has 1 heterocycles. The van der Waals surface area contributed by atoms with Crippen LogP contribution in [0.25, 0.3) is 11.4 Å². The summed E-state index contributed by atoms with van der Waals surface area (Å²) in [6.45, 7) is 5.46. The molecule has 2 aromatic rings. The van der Waals surface area contributed by atoms with Gasteiger partial charge in [-0.05, 0) is 26.0 Å². The van der Waals surface area contributed by atoms with E-state index in [2.05, 4.69) is 20.5 Å². The Bertz CT molecular complexity index is 611. The lowest BCUT2D eigenvalue weighted by atomic mass is 10.0. The van der Waals surface area contributed by atoms with Crippen LogP contribution in [0.2, 0.25) is 0 Å². The van der Waals surface area contributed by atoms with Gasteiger partial charge in [0.15, 0.2) is 5.82 Å². The predicted molar refractivity (Wildman–Crippen MR) is 85.2 cm³/mol. The maximum Gasteiger partial charge on any atom is 0.228 e. The number of benzene rings is 1. The van der Waals surface area contributed by atoms with Gasteiger partial charge in [0.2, 0.25) is 5.91 Å². The van der Waals surface area contributed by atoms with Crippen LogP contribution in [0.1, 0.15) is 19.7 Å². The summed E-state index contributed by atoms with van der Waals surface area (Å²) in [6.07, 6.45) is 0. The molecular weight excluding hydrogens is 290 g/mol. The van der Waals surface area contributed by atoms with Gasteiger partial charge in [0.05, 0.1) is 5.92 Å². The van der Waals surface area contributed by atoms with Crippen LogP contribution in [0.3, 0.4) is 0 Å². The molecule has 0 saturated carbocycles. The van der Waals surface area contributed by atoms with E-state index in [1.807, 2.05) is 45.0 Å². The zero-order chi connectivity index (χ0) is 14.7. The number of hydrogen-bond donors (Lipinski definition) is 3. The zero-order valence-electron chi connectivity index (χ0n) is 12.3. The quantitative estimate of drug-likeness (QED) is 0.806. The van der Waals surface area contributed by atoms with Gasteiger partial charge in [0.1, 0.15) is 5.82 Å². The first-order chi connectivity index (χ1) is 9.47. The molecule has 0 radical (unpaired) electrons. The van der Waals surface area contributed by atoms with Crippen molar-refractivity contribution in [2.24, 2.45) is 11.7 Å². The topological polar surface area (TPSA) is 96.7 Å². The van der Waals surface area contributed by atoms with Crippen molar-refractivity contribution in [3.63, 3.8) is 0 Å². The minimum absolute atomic E-state index is 0. The molecule has 0 aliphatic carbocycles. The minimum atomic E-state index is -0.246. The average molecular weight is 310 g/mol. The van der Waals surface area contributed by atoms with Gasteiger partial charge < -0.3 is 11.1 Å². The molecule has 0 aliphatic heterocycles. The Morgan fingerprint density at radius 1 is 1.38 bits per heavy atom. The molecule has 1 aromatic heterocycles. The van der Waals surface area contributed by atoms with Crippen LogP contribution in [-0.2, 0) is 4.79 Å². The van der Waals surface area contributed by atoms with E-state index in [9.17, 15) is 4.79 Å². The standard InChI is InChI=1S/C14H19N5O.ClH/c1-8(9(2)15)14(20)17-12-6-4-5-11(7-12)13-16-10(3)18-19-13;/h4-9H,15H2,1-3H3,(H,17,20)(H,16,18,19);1H. The molecule has 0 bridgehead atoms. The molecule has 1 aromatic carbocycles. The lowest BCUT2D eigenvalue weighted by Gasteiger charge is -2.15. The summed E-state index contributed by atoms with van der Waals surface area (Å²) < 4.78 is 0. The van der Waals surface area contributed by atoms with Gasteiger partial charge in [-0.2, -0.15) is 5.10 Å². The summed E-state index contributed by atoms with van der Waals surface area (Å²) >= 11 is 0. The van der Waals surface area contributed by atoms with Crippen LogP contribution in [0.5, 0.6) is 0 Å². The van der Waals surface area contributed by atoms with Crippen LogP contribution in [0.4, 0.5) is 5.69 Å². The number of anilines is 1. The summed E-state index contributed by atoms with van der Waals surface area (Å²) in [5.41, 5.74) is 7.29. The van der Waals surface area contributed by atoms with Crippen LogP contribution >= 0.6 is 12.4 Å². The van der Waals surface area contributed by atoms with Crippen molar-refractivity contribution in [3.8, 4) is 11.4 Å². The van der Waals surface area contributed by atoms with E-state index in [-0.39, 0.29) is 30.3 Å². The Kier molecular flexibility index (Phi) is 5.87. The fourth-order valence-corrected chi connectivity index (χ4v) is 1.70. The lowest BCUT2D eigenvalue weighted by Crippen LogP contribution is -2.34. The Morgan fingerprint density at radius 3 is 2.67 bits per heavy atom. The van der Waals surface area contributed by atoms with E-state index in [1.54, 1.807) is 0 Å². The van der Waals surface area contributed by atoms with E-state index in [4.69, 9.17) is 5.73 Å². The molecule has 0 spiro atoms. The van der Waals surface area contributed by atoms with Gasteiger partial charge >= 0.3 is 0 Å². The second-order valence-electron chi connectivity index (χ2n) is 4.96. The maximum atomic E-state index is 12.0. The van der Waals surface area contributed by atoms with Gasteiger partial charge in [-0.25, -0.2) is 4.98 Å². The zero-order valence-corrected chi connectivity index (χ0v) is 13.1. The molecule has 0 saturated heterocycles. The highest BCUT2D eigenvalue weighted by Crippen LogP contribution is 2.19. The molecule has 2 atom stereocenters. The van der Waals surface area contributed by atoms with Crippen LogP contribution in [0, 0.1) is 12.8 Å². The second kappa shape index (κ2) is 7.19. The summed E-state index contributed by atoms with van der Waals surface area (Å²) in [4.78, 5) is 16.2. The third-order valence-corrected chi connectivity index (χ3v) is 3.19. The highest BCUT2D eigenvalue weighted by Gasteiger charge is 2.17. The smallest absolute Gasteiger partial charge is 0.228 e. The molecule has 114 valence electrons. The Balaban J connectivity index is 0.00000220. The number of carbonyl (C=O) groups excluding carboxylic acids is 1. The molecule has 0 fully saturated rings. The van der Waals surface area contributed by atoms with E-state index in [1.165, 1.54) is 0 Å². The molecule has 4 N–H and O–H groups in total. The van der Waals surface area contributed by atoms with Crippen molar-refractivity contribution in [1.82, 2.24) is 15.2 Å². The molecule has 1 amide bonds. The third-order valence-electron chi connectivity index (χ3n) is 3.19. The van der Waals surface area contributed by atoms with Crippen molar-refractivity contribution in [2.75, 3.05) is 5.32 Å². The normalized spacial score (nSPS) is 13.1. The first-order valence-electron chi connectivity index (χ1n) is 6.53. The van der Waals surface area contributed by atoms with E-state index < -0.39 is 0 Å². The van der Waals surface area contributed by atoms with Crippen molar-refractivity contribution < 1.29 is 4.79 Å². The first-order valence-corrected chi connectivity index (χ1v) is 6.53. The van der Waals surface area contributed by atoms with Crippen LogP contribution in [-0.4, -0.2) is 27.1 Å². The van der Waals surface area contributed by atoms with E-state index >= 15 is 0 Å². The Hall–Kier alpha value is -1.92. The molecule has 6 nitrogen and oxygen atoms in total. The van der Waals surface area contributed by atoms with Crippen molar-refractivity contribution in [1.29, 1.82) is 0 Å². The number of aryl methyl sites for hydroxylation is 1. The monoisotopic (exact) mass is 309 g/mol. The number of halogens is 1. The number of nitrogens with zero attached hydrogens (tertiary/aromatic N) is 2. The highest BCUT2D eigenvalue weighted by molar-refractivity contribution is 5.93. The summed E-state index contributed by atoms with van der Waals surface area (Å²) in [5, 5.41) is 9.75.